The highest BCUT2D eigenvalue weighted by Crippen LogP contribution is 1.89. The Bertz CT molecular complexity index is 106. The molecular weight excluding hydrogens is 160 g/mol. The average Bonchev–Trinajstić information content (AvgIpc) is 2.01. The van der Waals surface area contributed by atoms with E-state index in [1.165, 1.54) is 0 Å². The second-order valence-corrected chi connectivity index (χ2v) is 3.38. The Kier molecular flexibility index (Phi) is 7.45. The Morgan fingerprint density at radius 1 is 1.09 bits per heavy atom. The lowest BCUT2D eigenvalue weighted by molar-refractivity contribution is 0.166. The van der Waals surface area contributed by atoms with Crippen molar-refractivity contribution in [2.45, 2.75) is 33.1 Å². The van der Waals surface area contributed by atoms with Crippen LogP contribution in [-0.2, 0) is 13.3 Å². The predicted octanol–water partition coefficient (Wildman–Crippen LogP) is 1.65. The van der Waals surface area contributed by atoms with Crippen LogP contribution in [0.1, 0.15) is 33.1 Å². The van der Waals surface area contributed by atoms with Gasteiger partial charge in [0.1, 0.15) is 0 Å². The Balaban J connectivity index is 3.09. The number of hydrogen-bond acceptors (Lipinski definition) is 3. The molecule has 0 radical (unpaired) electrons. The third kappa shape index (κ3) is 7.51. The molecular formula is C7H16O3Si. The van der Waals surface area contributed by atoms with Crippen LogP contribution in [-0.4, -0.2) is 22.4 Å². The summed E-state index contributed by atoms with van der Waals surface area (Å²) in [6, 6.07) is 0. The molecule has 0 aliphatic heterocycles. The largest absolute Gasteiger partial charge is 0.767 e. The molecule has 66 valence electrons. The van der Waals surface area contributed by atoms with E-state index in [2.05, 4.69) is 6.92 Å². The van der Waals surface area contributed by atoms with Crippen LogP contribution >= 0.6 is 0 Å². The molecule has 0 aliphatic carbocycles. The van der Waals surface area contributed by atoms with Crippen LogP contribution in [0.3, 0.4) is 0 Å². The summed E-state index contributed by atoms with van der Waals surface area (Å²) in [7, 11) is -2.17. The van der Waals surface area contributed by atoms with Crippen molar-refractivity contribution in [2.24, 2.45) is 0 Å². The molecule has 0 amide bonds. The van der Waals surface area contributed by atoms with Gasteiger partial charge in [0.2, 0.25) is 0 Å². The molecule has 4 heteroatoms. The lowest BCUT2D eigenvalue weighted by atomic mass is 10.4. The maximum Gasteiger partial charge on any atom is 0.767 e. The first-order chi connectivity index (χ1) is 5.31. The lowest BCUT2D eigenvalue weighted by Crippen LogP contribution is -2.13. The van der Waals surface area contributed by atoms with Crippen molar-refractivity contribution in [3.05, 3.63) is 0 Å². The van der Waals surface area contributed by atoms with Gasteiger partial charge >= 0.3 is 9.17 Å². The van der Waals surface area contributed by atoms with Gasteiger partial charge < -0.3 is 8.85 Å². The molecule has 0 bridgehead atoms. The molecule has 0 saturated carbocycles. The van der Waals surface area contributed by atoms with Crippen LogP contribution in [0.2, 0.25) is 0 Å². The summed E-state index contributed by atoms with van der Waals surface area (Å²) >= 11 is 0. The second-order valence-electron chi connectivity index (χ2n) is 2.30. The fraction of sp³-hybridized carbons (Fsp3) is 1.00. The number of unbranched alkanes of at least 4 members (excludes halogenated alkanes) is 1. The van der Waals surface area contributed by atoms with Gasteiger partial charge in [0.05, 0.1) is 13.2 Å². The van der Waals surface area contributed by atoms with Gasteiger partial charge in [-0.15, -0.1) is 0 Å². The van der Waals surface area contributed by atoms with E-state index in [0.29, 0.717) is 13.2 Å². The summed E-state index contributed by atoms with van der Waals surface area (Å²) in [6.07, 6.45) is 2.89. The smallest absolute Gasteiger partial charge is 0.496 e. The fourth-order valence-electron chi connectivity index (χ4n) is 0.527. The minimum absolute atomic E-state index is 0.532. The normalized spacial score (nSPS) is 9.27. The first-order valence-electron chi connectivity index (χ1n) is 4.10. The van der Waals surface area contributed by atoms with Gasteiger partial charge in [0.25, 0.3) is 0 Å². The quantitative estimate of drug-likeness (QED) is 0.437. The molecule has 0 rings (SSSR count). The van der Waals surface area contributed by atoms with E-state index in [0.717, 1.165) is 19.3 Å². The van der Waals surface area contributed by atoms with Gasteiger partial charge in [0.15, 0.2) is 0 Å². The highest BCUT2D eigenvalue weighted by atomic mass is 28.3. The van der Waals surface area contributed by atoms with E-state index >= 15 is 0 Å². The Hall–Kier alpha value is -0.383. The van der Waals surface area contributed by atoms with Crippen LogP contribution < -0.4 is 0 Å². The first-order valence-corrected chi connectivity index (χ1v) is 5.33. The standard InChI is InChI=1S/C7H16O3Si/c1-3-5-7-10-11(8)9-6-4-2/h3-7H2,1-2H3. The third-order valence-corrected chi connectivity index (χ3v) is 2.02. The summed E-state index contributed by atoms with van der Waals surface area (Å²) in [5.74, 6) is 0. The first kappa shape index (κ1) is 10.6. The Morgan fingerprint density at radius 2 is 1.73 bits per heavy atom. The summed E-state index contributed by atoms with van der Waals surface area (Å²) < 4.78 is 20.6. The molecule has 0 aliphatic rings. The Morgan fingerprint density at radius 3 is 2.27 bits per heavy atom. The van der Waals surface area contributed by atoms with Gasteiger partial charge in [-0.05, 0) is 12.8 Å². The summed E-state index contributed by atoms with van der Waals surface area (Å²) in [4.78, 5) is 0. The van der Waals surface area contributed by atoms with E-state index in [1.807, 2.05) is 6.92 Å². The molecule has 0 fully saturated rings. The van der Waals surface area contributed by atoms with Crippen molar-refractivity contribution in [1.29, 1.82) is 0 Å². The maximum absolute atomic E-state index is 10.8. The van der Waals surface area contributed by atoms with E-state index < -0.39 is 9.17 Å². The van der Waals surface area contributed by atoms with Crippen molar-refractivity contribution < 1.29 is 13.3 Å². The lowest BCUT2D eigenvalue weighted by Gasteiger charge is -2.02. The van der Waals surface area contributed by atoms with Crippen LogP contribution in [0.25, 0.3) is 0 Å². The summed E-state index contributed by atoms with van der Waals surface area (Å²) in [5.41, 5.74) is 0. The summed E-state index contributed by atoms with van der Waals surface area (Å²) in [5, 5.41) is 0. The van der Waals surface area contributed by atoms with Gasteiger partial charge in [-0.2, -0.15) is 0 Å². The van der Waals surface area contributed by atoms with Gasteiger partial charge in [-0.1, -0.05) is 20.3 Å². The molecule has 0 aromatic heterocycles. The van der Waals surface area contributed by atoms with E-state index in [-0.39, 0.29) is 0 Å². The minimum atomic E-state index is -2.17. The fourth-order valence-corrected chi connectivity index (χ4v) is 1.29. The Labute approximate surface area is 69.6 Å². The topological polar surface area (TPSA) is 35.5 Å². The van der Waals surface area contributed by atoms with E-state index in [1.54, 1.807) is 0 Å². The molecule has 0 atom stereocenters. The van der Waals surface area contributed by atoms with Crippen molar-refractivity contribution in [3.63, 3.8) is 0 Å². The van der Waals surface area contributed by atoms with Gasteiger partial charge in [-0.3, -0.25) is 4.46 Å². The molecule has 11 heavy (non-hydrogen) atoms. The van der Waals surface area contributed by atoms with Crippen LogP contribution in [0.4, 0.5) is 0 Å². The number of hydrogen-bond donors (Lipinski definition) is 0. The zero-order valence-corrected chi connectivity index (χ0v) is 8.26. The molecule has 0 unspecified atom stereocenters. The van der Waals surface area contributed by atoms with Crippen LogP contribution in [0.5, 0.6) is 0 Å². The van der Waals surface area contributed by atoms with E-state index in [9.17, 15) is 4.46 Å². The molecule has 0 heterocycles. The van der Waals surface area contributed by atoms with Gasteiger partial charge in [-0.25, -0.2) is 0 Å². The van der Waals surface area contributed by atoms with Crippen LogP contribution in [0, 0.1) is 0 Å². The predicted molar refractivity (Wildman–Crippen MR) is 43.5 cm³/mol. The molecule has 0 saturated heterocycles. The van der Waals surface area contributed by atoms with E-state index in [4.69, 9.17) is 8.85 Å². The zero-order valence-electron chi connectivity index (χ0n) is 7.26. The zero-order chi connectivity index (χ0) is 8.53. The minimum Gasteiger partial charge on any atom is -0.496 e. The van der Waals surface area contributed by atoms with Gasteiger partial charge in [0, 0.05) is 0 Å². The highest BCUT2D eigenvalue weighted by molar-refractivity contribution is 6.26. The SMILES string of the molecule is CCCCO[Si](=O)OCCC. The van der Waals surface area contributed by atoms with Crippen molar-refractivity contribution in [3.8, 4) is 0 Å². The molecule has 0 N–H and O–H groups in total. The summed E-state index contributed by atoms with van der Waals surface area (Å²) in [6.45, 7) is 5.12. The van der Waals surface area contributed by atoms with Crippen LogP contribution in [0.15, 0.2) is 0 Å². The molecule has 3 nitrogen and oxygen atoms in total. The van der Waals surface area contributed by atoms with Crippen molar-refractivity contribution >= 4 is 9.17 Å². The monoisotopic (exact) mass is 176 g/mol. The molecule has 0 aromatic rings. The highest BCUT2D eigenvalue weighted by Gasteiger charge is 2.08. The second kappa shape index (κ2) is 7.72. The maximum atomic E-state index is 10.8. The van der Waals surface area contributed by atoms with Crippen molar-refractivity contribution in [2.75, 3.05) is 13.2 Å². The molecule has 0 aromatic carbocycles. The van der Waals surface area contributed by atoms with Crippen molar-refractivity contribution in [1.82, 2.24) is 0 Å². The third-order valence-electron chi connectivity index (χ3n) is 1.14. The molecule has 0 spiro atoms. The number of rotatable bonds is 7. The average molecular weight is 176 g/mol.